The molecular weight excluding hydrogens is 468 g/mol. The van der Waals surface area contributed by atoms with Gasteiger partial charge in [-0.25, -0.2) is 9.97 Å². The molecular formula is C27H34N6O2Si. The fourth-order valence-electron chi connectivity index (χ4n) is 4.05. The Balaban J connectivity index is 1.68. The predicted octanol–water partition coefficient (Wildman–Crippen LogP) is 5.27. The van der Waals surface area contributed by atoms with Crippen molar-refractivity contribution in [3.63, 3.8) is 0 Å². The largest absolute Gasteiger partial charge is 0.416 e. The lowest BCUT2D eigenvalue weighted by atomic mass is 9.83. The summed E-state index contributed by atoms with van der Waals surface area (Å²) in [6, 6.07) is 10.0. The first-order valence-corrected chi connectivity index (χ1v) is 15.2. The highest BCUT2D eigenvalue weighted by Crippen LogP contribution is 2.42. The van der Waals surface area contributed by atoms with Crippen LogP contribution < -0.4 is 10.6 Å². The summed E-state index contributed by atoms with van der Waals surface area (Å²) in [5, 5.41) is 26.0. The molecule has 0 aliphatic carbocycles. The van der Waals surface area contributed by atoms with Gasteiger partial charge in [-0.1, -0.05) is 20.8 Å². The molecule has 1 aliphatic heterocycles. The summed E-state index contributed by atoms with van der Waals surface area (Å²) in [7, 11) is -1.81. The summed E-state index contributed by atoms with van der Waals surface area (Å²) in [4.78, 5) is 13.4. The molecule has 1 aliphatic rings. The number of pyridine rings is 1. The lowest BCUT2D eigenvalue weighted by Gasteiger charge is -2.33. The molecule has 3 heterocycles. The number of nitriles is 1. The summed E-state index contributed by atoms with van der Waals surface area (Å²) in [6.45, 7) is 14.2. The molecule has 0 spiro atoms. The van der Waals surface area contributed by atoms with E-state index in [2.05, 4.69) is 66.6 Å². The van der Waals surface area contributed by atoms with Gasteiger partial charge in [-0.05, 0) is 61.0 Å². The minimum atomic E-state index is -1.81. The number of benzene rings is 1. The van der Waals surface area contributed by atoms with Gasteiger partial charge in [0.05, 0.1) is 34.9 Å². The normalized spacial score (nSPS) is 17.0. The highest BCUT2D eigenvalue weighted by molar-refractivity contribution is 6.72. The molecule has 4 rings (SSSR count). The van der Waals surface area contributed by atoms with Crippen LogP contribution in [0, 0.1) is 18.3 Å². The molecule has 1 aromatic carbocycles. The second-order valence-corrected chi connectivity index (χ2v) is 15.2. The van der Waals surface area contributed by atoms with Crippen molar-refractivity contribution in [2.45, 2.75) is 58.4 Å². The van der Waals surface area contributed by atoms with Crippen LogP contribution in [0.15, 0.2) is 36.7 Å². The maximum Gasteiger partial charge on any atom is 0.227 e. The maximum absolute atomic E-state index is 9.92. The lowest BCUT2D eigenvalue weighted by molar-refractivity contribution is 0.228. The number of aromatic nitrogens is 3. The number of fused-ring (bicyclic) bond motifs is 1. The van der Waals surface area contributed by atoms with Crippen molar-refractivity contribution in [1.82, 2.24) is 15.0 Å². The molecule has 0 radical (unpaired) electrons. The predicted molar refractivity (Wildman–Crippen MR) is 145 cm³/mol. The number of nitrogens with zero attached hydrogens (tertiary/aromatic N) is 4. The monoisotopic (exact) mass is 502 g/mol. The Morgan fingerprint density at radius 3 is 2.75 bits per heavy atom. The van der Waals surface area contributed by atoms with E-state index in [1.54, 1.807) is 12.4 Å². The first-order valence-electron chi connectivity index (χ1n) is 12.2. The number of aliphatic hydroxyl groups is 1. The van der Waals surface area contributed by atoms with Crippen molar-refractivity contribution < 1.29 is 9.53 Å². The van der Waals surface area contributed by atoms with E-state index >= 15 is 0 Å². The molecule has 188 valence electrons. The minimum Gasteiger partial charge on any atom is -0.416 e. The van der Waals surface area contributed by atoms with E-state index in [4.69, 9.17) is 9.41 Å². The average Bonchev–Trinajstić information content (AvgIpc) is 3.20. The van der Waals surface area contributed by atoms with Gasteiger partial charge in [-0.3, -0.25) is 4.98 Å². The highest BCUT2D eigenvalue weighted by atomic mass is 28.4. The molecule has 0 unspecified atom stereocenters. The number of rotatable bonds is 8. The molecule has 0 fully saturated rings. The van der Waals surface area contributed by atoms with E-state index in [0.717, 1.165) is 28.2 Å². The van der Waals surface area contributed by atoms with Gasteiger partial charge in [-0.15, -0.1) is 0 Å². The fourth-order valence-corrected chi connectivity index (χ4v) is 5.08. The molecule has 0 saturated carbocycles. The molecule has 9 heteroatoms. The lowest BCUT2D eigenvalue weighted by Crippen LogP contribution is -2.41. The first kappa shape index (κ1) is 25.8. The van der Waals surface area contributed by atoms with Crippen molar-refractivity contribution in [3.05, 3.63) is 59.0 Å². The highest BCUT2D eigenvalue weighted by Gasteiger charge is 2.39. The Kier molecular flexibility index (Phi) is 7.14. The van der Waals surface area contributed by atoms with E-state index in [1.807, 2.05) is 25.1 Å². The van der Waals surface area contributed by atoms with E-state index in [0.29, 0.717) is 41.5 Å². The van der Waals surface area contributed by atoms with Crippen molar-refractivity contribution in [2.75, 3.05) is 23.8 Å². The van der Waals surface area contributed by atoms with Crippen molar-refractivity contribution >= 4 is 25.6 Å². The molecule has 0 bridgehead atoms. The average molecular weight is 503 g/mol. The number of nitrogens with one attached hydrogen (secondary N) is 2. The van der Waals surface area contributed by atoms with Crippen LogP contribution >= 0.6 is 0 Å². The van der Waals surface area contributed by atoms with E-state index in [-0.39, 0.29) is 12.0 Å². The number of aryl methyl sites for hydroxylation is 1. The second-order valence-electron chi connectivity index (χ2n) is 10.5. The molecule has 8 nitrogen and oxygen atoms in total. The van der Waals surface area contributed by atoms with Gasteiger partial charge in [0.1, 0.15) is 6.07 Å². The maximum atomic E-state index is 9.92. The molecule has 3 aromatic rings. The van der Waals surface area contributed by atoms with Crippen LogP contribution in [-0.4, -0.2) is 41.5 Å². The van der Waals surface area contributed by atoms with Gasteiger partial charge in [0.25, 0.3) is 0 Å². The topological polar surface area (TPSA) is 116 Å². The Morgan fingerprint density at radius 2 is 2.06 bits per heavy atom. The Morgan fingerprint density at radius 1 is 1.28 bits per heavy atom. The standard InChI is InChI=1S/C27H34N6O2Si/c1-17(2)36(5,6)35-16-27(4)15-31-25-21(12-28)10-20(11-22(25)27)23-7-8-29-26(32-23)33-24-9-19(14-34)13-30-18(24)3/h7-11,13,17,31,34H,14-16H2,1-6H3,(H,29,32,33)/t27-/m1/s1. The van der Waals surface area contributed by atoms with Crippen LogP contribution in [0.3, 0.4) is 0 Å². The molecule has 2 aromatic heterocycles. The van der Waals surface area contributed by atoms with Crippen LogP contribution in [0.2, 0.25) is 18.6 Å². The summed E-state index contributed by atoms with van der Waals surface area (Å²) in [5.41, 5.74) is 6.59. The second kappa shape index (κ2) is 9.97. The molecule has 0 amide bonds. The molecule has 3 N–H and O–H groups in total. The quantitative estimate of drug-likeness (QED) is 0.357. The Bertz CT molecular complexity index is 1320. The van der Waals surface area contributed by atoms with E-state index in [9.17, 15) is 10.4 Å². The van der Waals surface area contributed by atoms with Crippen LogP contribution in [0.1, 0.15) is 43.2 Å². The van der Waals surface area contributed by atoms with Crippen LogP contribution in [0.5, 0.6) is 0 Å². The zero-order valence-electron chi connectivity index (χ0n) is 21.8. The van der Waals surface area contributed by atoms with Crippen molar-refractivity contribution in [1.29, 1.82) is 5.26 Å². The number of anilines is 3. The third kappa shape index (κ3) is 5.12. The van der Waals surface area contributed by atoms with Crippen LogP contribution in [-0.2, 0) is 16.4 Å². The summed E-state index contributed by atoms with van der Waals surface area (Å²) in [5.74, 6) is 0.417. The van der Waals surface area contributed by atoms with Gasteiger partial charge >= 0.3 is 0 Å². The zero-order valence-corrected chi connectivity index (χ0v) is 22.8. The smallest absolute Gasteiger partial charge is 0.227 e. The molecule has 36 heavy (non-hydrogen) atoms. The van der Waals surface area contributed by atoms with Gasteiger partial charge in [0.15, 0.2) is 8.32 Å². The number of aliphatic hydroxyl groups excluding tert-OH is 1. The first-order chi connectivity index (χ1) is 17.1. The van der Waals surface area contributed by atoms with E-state index < -0.39 is 8.32 Å². The minimum absolute atomic E-state index is 0.0950. The van der Waals surface area contributed by atoms with E-state index in [1.165, 1.54) is 0 Å². The van der Waals surface area contributed by atoms with Crippen LogP contribution in [0.4, 0.5) is 17.3 Å². The number of hydrogen-bond donors (Lipinski definition) is 3. The van der Waals surface area contributed by atoms with Gasteiger partial charge in [0, 0.05) is 36.5 Å². The number of hydrogen-bond acceptors (Lipinski definition) is 8. The zero-order chi connectivity index (χ0) is 26.1. The summed E-state index contributed by atoms with van der Waals surface area (Å²) >= 11 is 0. The molecule has 0 saturated heterocycles. The third-order valence-electron chi connectivity index (χ3n) is 7.24. The van der Waals surface area contributed by atoms with Gasteiger partial charge < -0.3 is 20.2 Å². The van der Waals surface area contributed by atoms with Crippen LogP contribution in [0.25, 0.3) is 11.3 Å². The summed E-state index contributed by atoms with van der Waals surface area (Å²) in [6.07, 6.45) is 3.34. The Labute approximate surface area is 213 Å². The molecule has 1 atom stereocenters. The summed E-state index contributed by atoms with van der Waals surface area (Å²) < 4.78 is 6.53. The Hall–Kier alpha value is -3.32. The third-order valence-corrected chi connectivity index (χ3v) is 10.9. The fraction of sp³-hybridized carbons (Fsp3) is 0.407. The SMILES string of the molecule is Cc1ncc(CO)cc1Nc1nccc(-c2cc(C#N)c3c(c2)[C@@](C)(CO[Si](C)(C)C(C)C)CN3)n1. The van der Waals surface area contributed by atoms with Gasteiger partial charge in [0.2, 0.25) is 5.95 Å². The van der Waals surface area contributed by atoms with Crippen molar-refractivity contribution in [2.24, 2.45) is 0 Å². The van der Waals surface area contributed by atoms with Gasteiger partial charge in [-0.2, -0.15) is 5.26 Å². The van der Waals surface area contributed by atoms with Crippen molar-refractivity contribution in [3.8, 4) is 17.3 Å².